The third-order valence-corrected chi connectivity index (χ3v) is 0. The molecule has 0 saturated heterocycles. The maximum atomic E-state index is 8.52. The second-order valence-electron chi connectivity index (χ2n) is 2.17. The summed E-state index contributed by atoms with van der Waals surface area (Å²) in [6.07, 6.45) is 0. The van der Waals surface area contributed by atoms with E-state index in [2.05, 4.69) is 0 Å². The Morgan fingerprint density at radius 2 is 1.14 bits per heavy atom. The van der Waals surface area contributed by atoms with Crippen LogP contribution in [-0.2, 0) is 21.7 Å². The molecule has 2 heteroatoms. The van der Waals surface area contributed by atoms with E-state index in [4.69, 9.17) is 5.11 Å². The molecule has 0 aromatic carbocycles. The van der Waals surface area contributed by atoms with Gasteiger partial charge < -0.3 is 12.5 Å². The Labute approximate surface area is 61.0 Å². The van der Waals surface area contributed by atoms with Crippen molar-refractivity contribution in [3.8, 4) is 0 Å². The van der Waals surface area contributed by atoms with E-state index in [1.54, 1.807) is 20.8 Å². The van der Waals surface area contributed by atoms with Crippen molar-refractivity contribution in [1.29, 1.82) is 0 Å². The van der Waals surface area contributed by atoms with Gasteiger partial charge in [0.25, 0.3) is 0 Å². The van der Waals surface area contributed by atoms with Crippen LogP contribution in [0.1, 0.15) is 20.8 Å². The molecule has 0 aromatic rings. The zero-order valence-electron chi connectivity index (χ0n) is 5.45. The van der Waals surface area contributed by atoms with Gasteiger partial charge in [-0.2, -0.15) is 0 Å². The summed E-state index contributed by atoms with van der Waals surface area (Å²) in [5.74, 6) is 0. The largest absolute Gasteiger partial charge is 0.391 e. The predicted octanol–water partition coefficient (Wildman–Crippen LogP) is 1.22. The first-order valence-corrected chi connectivity index (χ1v) is 1.72. The second kappa shape index (κ2) is 4.82. The molecule has 0 aliphatic heterocycles. The van der Waals surface area contributed by atoms with Crippen molar-refractivity contribution in [3.63, 3.8) is 0 Å². The van der Waals surface area contributed by atoms with Crippen LogP contribution in [0.5, 0.6) is 0 Å². The van der Waals surface area contributed by atoms with E-state index >= 15 is 0 Å². The van der Waals surface area contributed by atoms with Crippen LogP contribution in [-0.4, -0.2) is 10.7 Å². The van der Waals surface area contributed by atoms with Gasteiger partial charge >= 0.3 is 0 Å². The molecule has 0 rings (SSSR count). The zero-order chi connectivity index (χ0) is 4.50. The molecule has 1 nitrogen and oxygen atoms in total. The van der Waals surface area contributed by atoms with Crippen molar-refractivity contribution in [2.75, 3.05) is 0 Å². The fourth-order valence-electron chi connectivity index (χ4n) is 0. The molecule has 0 bridgehead atoms. The SMILES string of the molecule is CC(C)(C)O.[CH3-].[Ti]. The van der Waals surface area contributed by atoms with Crippen LogP contribution in [0.3, 0.4) is 0 Å². The molecule has 0 saturated carbocycles. The molecule has 0 atom stereocenters. The fourth-order valence-corrected chi connectivity index (χ4v) is 0. The Bertz CT molecular complexity index is 23.6. The molecule has 0 heterocycles. The van der Waals surface area contributed by atoms with Crippen molar-refractivity contribution < 1.29 is 26.8 Å². The summed E-state index contributed by atoms with van der Waals surface area (Å²) in [6, 6.07) is 0. The van der Waals surface area contributed by atoms with Crippen molar-refractivity contribution >= 4 is 0 Å². The molecule has 1 N–H and O–H groups in total. The van der Waals surface area contributed by atoms with Gasteiger partial charge in [-0.25, -0.2) is 0 Å². The maximum absolute atomic E-state index is 8.52. The molecule has 0 aliphatic rings. The van der Waals surface area contributed by atoms with E-state index in [9.17, 15) is 0 Å². The molecule has 0 aromatic heterocycles. The quantitative estimate of drug-likeness (QED) is 0.393. The maximum Gasteiger partial charge on any atom is 0.0563 e. The summed E-state index contributed by atoms with van der Waals surface area (Å²) >= 11 is 0. The van der Waals surface area contributed by atoms with Crippen LogP contribution in [0.15, 0.2) is 0 Å². The minimum absolute atomic E-state index is 0. The first kappa shape index (κ1) is 15.6. The van der Waals surface area contributed by atoms with Gasteiger partial charge in [0.2, 0.25) is 0 Å². The van der Waals surface area contributed by atoms with Gasteiger partial charge in [0.1, 0.15) is 0 Å². The van der Waals surface area contributed by atoms with Crippen molar-refractivity contribution in [2.24, 2.45) is 0 Å². The number of hydrogen-bond acceptors (Lipinski definition) is 1. The van der Waals surface area contributed by atoms with Gasteiger partial charge in [0.05, 0.1) is 5.60 Å². The summed E-state index contributed by atoms with van der Waals surface area (Å²) in [4.78, 5) is 0. The van der Waals surface area contributed by atoms with E-state index in [0.717, 1.165) is 0 Å². The van der Waals surface area contributed by atoms with Crippen molar-refractivity contribution in [3.05, 3.63) is 7.43 Å². The van der Waals surface area contributed by atoms with Gasteiger partial charge in [-0.1, -0.05) is 0 Å². The monoisotopic (exact) mass is 137 g/mol. The van der Waals surface area contributed by atoms with Crippen LogP contribution in [0, 0.1) is 7.43 Å². The van der Waals surface area contributed by atoms with Gasteiger partial charge in [-0.05, 0) is 20.8 Å². The molecule has 0 aliphatic carbocycles. The Morgan fingerprint density at radius 1 is 1.14 bits per heavy atom. The van der Waals surface area contributed by atoms with Crippen LogP contribution in [0.2, 0.25) is 0 Å². The van der Waals surface area contributed by atoms with Crippen molar-refractivity contribution in [2.45, 2.75) is 26.4 Å². The first-order chi connectivity index (χ1) is 2.00. The fraction of sp³-hybridized carbons (Fsp3) is 0.800. The summed E-state index contributed by atoms with van der Waals surface area (Å²) in [7, 11) is 0. The van der Waals surface area contributed by atoms with E-state index in [-0.39, 0.29) is 29.1 Å². The summed E-state index contributed by atoms with van der Waals surface area (Å²) < 4.78 is 0. The van der Waals surface area contributed by atoms with Crippen LogP contribution >= 0.6 is 0 Å². The number of rotatable bonds is 0. The van der Waals surface area contributed by atoms with E-state index in [1.165, 1.54) is 0 Å². The average Bonchev–Trinajstić information content (AvgIpc) is 0.722. The first-order valence-electron chi connectivity index (χ1n) is 1.72. The molecule has 7 heavy (non-hydrogen) atoms. The zero-order valence-corrected chi connectivity index (χ0v) is 7.01. The van der Waals surface area contributed by atoms with Gasteiger partial charge in [0, 0.05) is 21.7 Å². The molecule has 0 fully saturated rings. The topological polar surface area (TPSA) is 20.2 Å². The number of aliphatic hydroxyl groups is 1. The van der Waals surface area contributed by atoms with Crippen LogP contribution in [0.4, 0.5) is 0 Å². The molecule has 0 amide bonds. The third kappa shape index (κ3) is 321. The summed E-state index contributed by atoms with van der Waals surface area (Å²) in [5, 5.41) is 8.52. The molecular weight excluding hydrogens is 124 g/mol. The Balaban J connectivity index is -0.0000000800. The number of hydrogen-bond donors (Lipinski definition) is 1. The minimum atomic E-state index is -0.500. The van der Waals surface area contributed by atoms with Crippen molar-refractivity contribution in [1.82, 2.24) is 0 Å². The average molecular weight is 137 g/mol. The molecular formula is C5H13OTi-. The van der Waals surface area contributed by atoms with E-state index in [0.29, 0.717) is 0 Å². The second-order valence-corrected chi connectivity index (χ2v) is 2.17. The Kier molecular flexibility index (Phi) is 10.8. The summed E-state index contributed by atoms with van der Waals surface area (Å²) in [6.45, 7) is 5.23. The summed E-state index contributed by atoms with van der Waals surface area (Å²) in [5.41, 5.74) is -0.500. The van der Waals surface area contributed by atoms with E-state index < -0.39 is 5.60 Å². The minimum Gasteiger partial charge on any atom is -0.391 e. The predicted molar refractivity (Wildman–Crippen MR) is 28.4 cm³/mol. The molecule has 0 radical (unpaired) electrons. The molecule has 44 valence electrons. The standard InChI is InChI=1S/C4H10O.CH3.Ti/c1-4(2,3)5;;/h5H,1-3H3;1H3;/q;-1;. The Hall–Kier alpha value is 0.674. The van der Waals surface area contributed by atoms with Gasteiger partial charge in [-0.3, -0.25) is 0 Å². The third-order valence-electron chi connectivity index (χ3n) is 0. The molecule has 0 unspecified atom stereocenters. The Morgan fingerprint density at radius 3 is 1.14 bits per heavy atom. The normalized spacial score (nSPS) is 8.57. The smallest absolute Gasteiger partial charge is 0.0563 e. The van der Waals surface area contributed by atoms with Gasteiger partial charge in [0.15, 0.2) is 0 Å². The van der Waals surface area contributed by atoms with Crippen LogP contribution < -0.4 is 0 Å². The van der Waals surface area contributed by atoms with E-state index in [1.807, 2.05) is 0 Å². The van der Waals surface area contributed by atoms with Gasteiger partial charge in [-0.15, -0.1) is 0 Å². The molecule has 0 spiro atoms. The van der Waals surface area contributed by atoms with Crippen LogP contribution in [0.25, 0.3) is 0 Å².